The molecule has 6 aromatic carbocycles. The molecule has 0 fully saturated rings. The van der Waals surface area contributed by atoms with E-state index in [1.807, 2.05) is 66.7 Å². The zero-order valence-electron chi connectivity index (χ0n) is 29.1. The van der Waals surface area contributed by atoms with Gasteiger partial charge in [-0.1, -0.05) is 140 Å². The summed E-state index contributed by atoms with van der Waals surface area (Å²) in [7, 11) is 0. The van der Waals surface area contributed by atoms with E-state index in [1.165, 1.54) is 5.57 Å². The second kappa shape index (κ2) is 12.7. The lowest BCUT2D eigenvalue weighted by Gasteiger charge is -2.16. The Hall–Kier alpha value is -6.92. The van der Waals surface area contributed by atoms with Crippen LogP contribution < -0.4 is 0 Å². The quantitative estimate of drug-likeness (QED) is 0.181. The first kappa shape index (κ1) is 30.9. The minimum Gasteiger partial charge on any atom is -0.460 e. The fourth-order valence-corrected chi connectivity index (χ4v) is 7.55. The summed E-state index contributed by atoms with van der Waals surface area (Å²) in [5.41, 5.74) is 11.0. The third-order valence-electron chi connectivity index (χ3n) is 10.1. The van der Waals surface area contributed by atoms with Gasteiger partial charge in [-0.25, -0.2) is 9.98 Å². The van der Waals surface area contributed by atoms with E-state index in [4.69, 9.17) is 24.4 Å². The molecule has 3 aromatic heterocycles. The summed E-state index contributed by atoms with van der Waals surface area (Å²) in [4.78, 5) is 20.7. The van der Waals surface area contributed by atoms with E-state index in [9.17, 15) is 0 Å². The summed E-state index contributed by atoms with van der Waals surface area (Å²) in [6.45, 7) is 2.19. The van der Waals surface area contributed by atoms with E-state index >= 15 is 0 Å². The molecule has 0 saturated heterocycles. The zero-order valence-corrected chi connectivity index (χ0v) is 29.1. The third kappa shape index (κ3) is 5.35. The van der Waals surface area contributed by atoms with Crippen LogP contribution in [0.2, 0.25) is 0 Å². The fourth-order valence-electron chi connectivity index (χ4n) is 7.55. The molecule has 6 nitrogen and oxygen atoms in total. The number of furan rings is 1. The van der Waals surface area contributed by atoms with Crippen molar-refractivity contribution in [2.75, 3.05) is 0 Å². The summed E-state index contributed by atoms with van der Waals surface area (Å²) < 4.78 is 9.03. The molecular weight excluding hydrogens is 651 g/mol. The van der Waals surface area contributed by atoms with Crippen molar-refractivity contribution in [2.45, 2.75) is 19.8 Å². The molecule has 9 aromatic rings. The lowest BCUT2D eigenvalue weighted by atomic mass is 9.93. The van der Waals surface area contributed by atoms with Crippen LogP contribution in [0.4, 0.5) is 0 Å². The first-order chi connectivity index (χ1) is 26.2. The number of aryl methyl sites for hydroxylation is 1. The summed E-state index contributed by atoms with van der Waals surface area (Å²) >= 11 is 0. The van der Waals surface area contributed by atoms with Crippen molar-refractivity contribution >= 4 is 44.2 Å². The van der Waals surface area contributed by atoms with Crippen molar-refractivity contribution < 1.29 is 4.42 Å². The second-order valence-corrected chi connectivity index (χ2v) is 13.5. The Labute approximate surface area is 306 Å². The summed E-state index contributed by atoms with van der Waals surface area (Å²) in [6.07, 6.45) is 1.60. The summed E-state index contributed by atoms with van der Waals surface area (Å²) in [5.74, 6) is 2.72. The van der Waals surface area contributed by atoms with Gasteiger partial charge in [0.15, 0.2) is 11.6 Å². The molecule has 53 heavy (non-hydrogen) atoms. The number of hydrogen-bond acceptors (Lipinski definition) is 5. The molecule has 6 heteroatoms. The average Bonchev–Trinajstić information content (AvgIpc) is 3.74. The smallest absolute Gasteiger partial charge is 0.238 e. The molecular formula is C47H33N5O. The van der Waals surface area contributed by atoms with Gasteiger partial charge in [0.1, 0.15) is 11.3 Å². The highest BCUT2D eigenvalue weighted by molar-refractivity contribution is 6.23. The lowest BCUT2D eigenvalue weighted by Crippen LogP contribution is -2.09. The van der Waals surface area contributed by atoms with Crippen molar-refractivity contribution in [3.05, 3.63) is 186 Å². The number of benzene rings is 6. The maximum atomic E-state index is 6.88. The number of rotatable bonds is 5. The Morgan fingerprint density at radius 1 is 0.509 bits per heavy atom. The standard InChI is InChI=1S/C47H33N5O/c1-30-26-27-40-42(44(32-18-8-3-9-19-32)48-43(30)31-16-6-2-7-17-31)37-28-36-35-24-14-15-25-38(35)52(39(36)29-41(37)53-40)47-50-45(33-20-10-4-11-21-33)49-46(51-47)34-22-12-5-13-23-34/h2-25,28-29H,26-27H2,1H3/b43-30+,48-44?. The van der Waals surface area contributed by atoms with Gasteiger partial charge in [0.25, 0.3) is 0 Å². The Balaban J connectivity index is 1.24. The van der Waals surface area contributed by atoms with Crippen molar-refractivity contribution in [3.8, 4) is 28.7 Å². The number of aliphatic imine (C=N–C) groups is 1. The molecule has 0 N–H and O–H groups in total. The molecule has 0 atom stereocenters. The Bertz CT molecular complexity index is 2810. The molecule has 10 rings (SSSR count). The summed E-state index contributed by atoms with van der Waals surface area (Å²) in [6, 6.07) is 54.1. The van der Waals surface area contributed by atoms with Gasteiger partial charge in [-0.3, -0.25) is 4.57 Å². The zero-order chi connectivity index (χ0) is 35.3. The molecule has 0 amide bonds. The summed E-state index contributed by atoms with van der Waals surface area (Å²) in [5, 5.41) is 3.23. The van der Waals surface area contributed by atoms with Crippen LogP contribution >= 0.6 is 0 Å². The number of nitrogens with zero attached hydrogens (tertiary/aromatic N) is 5. The van der Waals surface area contributed by atoms with Crippen molar-refractivity contribution in [1.29, 1.82) is 0 Å². The van der Waals surface area contributed by atoms with Gasteiger partial charge in [-0.15, -0.1) is 0 Å². The van der Waals surface area contributed by atoms with Crippen LogP contribution in [0.5, 0.6) is 0 Å². The van der Waals surface area contributed by atoms with Gasteiger partial charge < -0.3 is 4.42 Å². The molecule has 0 aliphatic carbocycles. The topological polar surface area (TPSA) is 69.1 Å². The predicted molar refractivity (Wildman–Crippen MR) is 214 cm³/mol. The second-order valence-electron chi connectivity index (χ2n) is 13.5. The number of hydrogen-bond donors (Lipinski definition) is 0. The average molecular weight is 684 g/mol. The Kier molecular flexibility index (Phi) is 7.39. The van der Waals surface area contributed by atoms with Crippen LogP contribution in [-0.4, -0.2) is 25.2 Å². The van der Waals surface area contributed by atoms with Gasteiger partial charge >= 0.3 is 0 Å². The molecule has 0 saturated carbocycles. The van der Waals surface area contributed by atoms with Crippen LogP contribution in [-0.2, 0) is 6.42 Å². The maximum absolute atomic E-state index is 6.88. The van der Waals surface area contributed by atoms with Crippen molar-refractivity contribution in [1.82, 2.24) is 19.5 Å². The van der Waals surface area contributed by atoms with Crippen LogP contribution in [0.3, 0.4) is 0 Å². The minimum atomic E-state index is 0.548. The van der Waals surface area contributed by atoms with E-state index in [1.54, 1.807) is 0 Å². The third-order valence-corrected chi connectivity index (χ3v) is 10.1. The van der Waals surface area contributed by atoms with Gasteiger partial charge in [-0.05, 0) is 31.1 Å². The van der Waals surface area contributed by atoms with E-state index < -0.39 is 0 Å². The highest BCUT2D eigenvalue weighted by atomic mass is 16.3. The monoisotopic (exact) mass is 683 g/mol. The number of fused-ring (bicyclic) bond motifs is 6. The highest BCUT2D eigenvalue weighted by Gasteiger charge is 2.26. The van der Waals surface area contributed by atoms with Gasteiger partial charge in [0, 0.05) is 50.9 Å². The van der Waals surface area contributed by atoms with Crippen LogP contribution in [0.1, 0.15) is 35.8 Å². The van der Waals surface area contributed by atoms with Crippen LogP contribution in [0.25, 0.3) is 67.2 Å². The fraction of sp³-hybridized carbons (Fsp3) is 0.0638. The molecule has 0 unspecified atom stereocenters. The molecule has 252 valence electrons. The number of para-hydroxylation sites is 1. The SMILES string of the molecule is C/C1=C(/c2ccccc2)N=C(c2ccccc2)c2c(oc3cc4c(cc23)c2ccccc2n4-c2nc(-c3ccccc3)nc(-c3ccccc3)n2)CC1. The molecule has 0 bridgehead atoms. The molecule has 0 radical (unpaired) electrons. The Morgan fingerprint density at radius 3 is 1.72 bits per heavy atom. The van der Waals surface area contributed by atoms with E-state index in [2.05, 4.69) is 102 Å². The van der Waals surface area contributed by atoms with Gasteiger partial charge in [0.05, 0.1) is 28.0 Å². The number of aromatic nitrogens is 4. The largest absolute Gasteiger partial charge is 0.460 e. The number of allylic oxidation sites excluding steroid dienone is 1. The van der Waals surface area contributed by atoms with E-state index in [-0.39, 0.29) is 0 Å². The van der Waals surface area contributed by atoms with Crippen molar-refractivity contribution in [2.24, 2.45) is 4.99 Å². The first-order valence-electron chi connectivity index (χ1n) is 17.9. The minimum absolute atomic E-state index is 0.548. The predicted octanol–water partition coefficient (Wildman–Crippen LogP) is 11.3. The van der Waals surface area contributed by atoms with E-state index in [0.717, 1.165) is 90.6 Å². The molecule has 4 heterocycles. The van der Waals surface area contributed by atoms with Crippen molar-refractivity contribution in [3.63, 3.8) is 0 Å². The normalized spacial score (nSPS) is 14.6. The van der Waals surface area contributed by atoms with Gasteiger partial charge in [-0.2, -0.15) is 9.97 Å². The van der Waals surface area contributed by atoms with Gasteiger partial charge in [0.2, 0.25) is 5.95 Å². The first-order valence-corrected chi connectivity index (χ1v) is 17.9. The lowest BCUT2D eigenvalue weighted by molar-refractivity contribution is 0.546. The van der Waals surface area contributed by atoms with Crippen LogP contribution in [0.15, 0.2) is 173 Å². The highest BCUT2D eigenvalue weighted by Crippen LogP contribution is 2.40. The maximum Gasteiger partial charge on any atom is 0.238 e. The van der Waals surface area contributed by atoms with Crippen LogP contribution in [0, 0.1) is 0 Å². The molecule has 1 aliphatic heterocycles. The molecule has 0 spiro atoms. The van der Waals surface area contributed by atoms with E-state index in [0.29, 0.717) is 17.6 Å². The Morgan fingerprint density at radius 2 is 1.08 bits per heavy atom. The molecule has 1 aliphatic rings.